The highest BCUT2D eigenvalue weighted by molar-refractivity contribution is 5.56. The average Bonchev–Trinajstić information content (AvgIpc) is 3.11. The lowest BCUT2D eigenvalue weighted by atomic mass is 9.73. The highest BCUT2D eigenvalue weighted by atomic mass is 16.5. The smallest absolute Gasteiger partial charge is 0.198 e. The fraction of sp³-hybridized carbons (Fsp3) is 0.480. The normalized spacial score (nSPS) is 23.3. The summed E-state index contributed by atoms with van der Waals surface area (Å²) < 4.78 is 7.73. The zero-order chi connectivity index (χ0) is 22.1. The number of nitrogens with zero attached hydrogens (tertiary/aromatic N) is 4. The summed E-state index contributed by atoms with van der Waals surface area (Å²) in [5, 5.41) is 22.0. The molecule has 0 amide bonds. The third-order valence-electron chi connectivity index (χ3n) is 7.03. The molecule has 3 heterocycles. The first-order chi connectivity index (χ1) is 15.7. The Kier molecular flexibility index (Phi) is 5.93. The Morgan fingerprint density at radius 2 is 1.72 bits per heavy atom. The Hall–Kier alpha value is -2.77. The van der Waals surface area contributed by atoms with E-state index in [9.17, 15) is 10.2 Å². The molecular formula is C25H32N4O3. The number of anilines is 1. The van der Waals surface area contributed by atoms with Gasteiger partial charge in [-0.1, -0.05) is 24.3 Å². The first-order valence-electron chi connectivity index (χ1n) is 11.6. The summed E-state index contributed by atoms with van der Waals surface area (Å²) in [5.74, 6) is 1.82. The number of pyridine rings is 1. The monoisotopic (exact) mass is 436 g/mol. The molecule has 2 N–H and O–H groups in total. The molecule has 2 aromatic heterocycles. The van der Waals surface area contributed by atoms with Gasteiger partial charge >= 0.3 is 0 Å². The summed E-state index contributed by atoms with van der Waals surface area (Å²) in [6.45, 7) is 9.02. The van der Waals surface area contributed by atoms with Crippen LogP contribution in [-0.4, -0.2) is 70.1 Å². The molecule has 1 saturated heterocycles. The standard InChI is InChI=1S/C25H32N4O3/c1-2-15-32-20(16-27-11-13-28(14-12-27)21-5-3-4-10-26-21)17-29-24(30)22-18-6-7-19(9-8-18)23(22)25(29)31/h2-7,10,18-20,30-31H,1,8-9,11-17H2. The molecule has 0 spiro atoms. The number of hydrogen-bond acceptors (Lipinski definition) is 6. The zero-order valence-corrected chi connectivity index (χ0v) is 18.4. The van der Waals surface area contributed by atoms with E-state index in [1.54, 1.807) is 10.6 Å². The third kappa shape index (κ3) is 3.91. The maximum Gasteiger partial charge on any atom is 0.198 e. The number of ether oxygens (including phenoxy) is 1. The minimum absolute atomic E-state index is 0.161. The van der Waals surface area contributed by atoms with Gasteiger partial charge in [0.2, 0.25) is 0 Å². The molecule has 7 heteroatoms. The van der Waals surface area contributed by atoms with E-state index in [1.807, 2.05) is 24.4 Å². The van der Waals surface area contributed by atoms with E-state index in [0.717, 1.165) is 62.5 Å². The van der Waals surface area contributed by atoms with Crippen molar-refractivity contribution in [2.75, 3.05) is 44.2 Å². The van der Waals surface area contributed by atoms with Gasteiger partial charge in [-0.05, 0) is 25.0 Å². The highest BCUT2D eigenvalue weighted by Gasteiger charge is 2.38. The Morgan fingerprint density at radius 1 is 1.03 bits per heavy atom. The summed E-state index contributed by atoms with van der Waals surface area (Å²) >= 11 is 0. The molecule has 32 heavy (non-hydrogen) atoms. The molecular weight excluding hydrogens is 404 g/mol. The van der Waals surface area contributed by atoms with Gasteiger partial charge in [0.05, 0.1) is 19.3 Å². The van der Waals surface area contributed by atoms with E-state index in [2.05, 4.69) is 33.5 Å². The molecule has 4 aliphatic rings. The number of aromatic nitrogens is 2. The Labute approximate surface area is 189 Å². The lowest BCUT2D eigenvalue weighted by molar-refractivity contribution is 0.0273. The molecule has 1 fully saturated rings. The molecule has 3 unspecified atom stereocenters. The van der Waals surface area contributed by atoms with Crippen LogP contribution < -0.4 is 4.90 Å². The molecule has 0 radical (unpaired) electrons. The van der Waals surface area contributed by atoms with E-state index < -0.39 is 0 Å². The molecule has 3 aliphatic carbocycles. The largest absolute Gasteiger partial charge is 0.494 e. The fourth-order valence-corrected chi connectivity index (χ4v) is 5.40. The summed E-state index contributed by atoms with van der Waals surface area (Å²) in [4.78, 5) is 9.15. The molecule has 3 atom stereocenters. The molecule has 1 aliphatic heterocycles. The zero-order valence-electron chi connectivity index (χ0n) is 18.4. The van der Waals surface area contributed by atoms with Crippen LogP contribution >= 0.6 is 0 Å². The van der Waals surface area contributed by atoms with Crippen molar-refractivity contribution in [3.63, 3.8) is 0 Å². The van der Waals surface area contributed by atoms with Crippen molar-refractivity contribution in [2.45, 2.75) is 37.3 Å². The van der Waals surface area contributed by atoms with E-state index >= 15 is 0 Å². The van der Waals surface area contributed by atoms with Crippen molar-refractivity contribution < 1.29 is 14.9 Å². The van der Waals surface area contributed by atoms with Crippen LogP contribution in [0.15, 0.2) is 49.2 Å². The summed E-state index contributed by atoms with van der Waals surface area (Å²) in [5.41, 5.74) is 1.82. The Balaban J connectivity index is 1.27. The average molecular weight is 437 g/mol. The summed E-state index contributed by atoms with van der Waals surface area (Å²) in [7, 11) is 0. The van der Waals surface area contributed by atoms with Gasteiger partial charge in [-0.15, -0.1) is 6.58 Å². The SMILES string of the molecule is C=CCOC(CN1CCN(c2ccccn2)CC1)Cn1c(O)c2c(c1O)C1C=CC2CC1. The highest BCUT2D eigenvalue weighted by Crippen LogP contribution is 2.53. The van der Waals surface area contributed by atoms with Gasteiger partial charge in [0.15, 0.2) is 11.8 Å². The van der Waals surface area contributed by atoms with Crippen molar-refractivity contribution in [3.8, 4) is 11.8 Å². The fourth-order valence-electron chi connectivity index (χ4n) is 5.40. The molecule has 0 aromatic carbocycles. The lowest BCUT2D eigenvalue weighted by Crippen LogP contribution is -2.49. The van der Waals surface area contributed by atoms with Gasteiger partial charge in [0.1, 0.15) is 5.82 Å². The van der Waals surface area contributed by atoms with Gasteiger partial charge in [0, 0.05) is 61.9 Å². The topological polar surface area (TPSA) is 74.0 Å². The van der Waals surface area contributed by atoms with Crippen LogP contribution in [0.4, 0.5) is 5.82 Å². The van der Waals surface area contributed by atoms with Crippen molar-refractivity contribution in [2.24, 2.45) is 0 Å². The van der Waals surface area contributed by atoms with Gasteiger partial charge in [0.25, 0.3) is 0 Å². The maximum absolute atomic E-state index is 11.0. The van der Waals surface area contributed by atoms with Crippen molar-refractivity contribution in [3.05, 3.63) is 60.3 Å². The second kappa shape index (κ2) is 9.00. The second-order valence-corrected chi connectivity index (χ2v) is 8.98. The number of rotatable bonds is 8. The van der Waals surface area contributed by atoms with E-state index in [-0.39, 0.29) is 29.7 Å². The van der Waals surface area contributed by atoms with Crippen LogP contribution in [0.2, 0.25) is 0 Å². The first-order valence-corrected chi connectivity index (χ1v) is 11.6. The summed E-state index contributed by atoms with van der Waals surface area (Å²) in [6, 6.07) is 6.00. The number of allylic oxidation sites excluding steroid dienone is 2. The molecule has 2 bridgehead atoms. The number of aromatic hydroxyl groups is 2. The lowest BCUT2D eigenvalue weighted by Gasteiger charge is -2.37. The Morgan fingerprint density at radius 3 is 2.28 bits per heavy atom. The van der Waals surface area contributed by atoms with Crippen LogP contribution in [0.1, 0.15) is 35.8 Å². The van der Waals surface area contributed by atoms with E-state index in [1.165, 1.54) is 0 Å². The van der Waals surface area contributed by atoms with Crippen LogP contribution in [-0.2, 0) is 11.3 Å². The molecule has 7 nitrogen and oxygen atoms in total. The van der Waals surface area contributed by atoms with Crippen molar-refractivity contribution >= 4 is 5.82 Å². The minimum atomic E-state index is -0.161. The summed E-state index contributed by atoms with van der Waals surface area (Å²) in [6.07, 6.45) is 9.82. The van der Waals surface area contributed by atoms with Gasteiger partial charge in [-0.3, -0.25) is 9.47 Å². The first kappa shape index (κ1) is 21.1. The van der Waals surface area contributed by atoms with Gasteiger partial charge in [-0.2, -0.15) is 0 Å². The third-order valence-corrected chi connectivity index (χ3v) is 7.03. The predicted molar refractivity (Wildman–Crippen MR) is 124 cm³/mol. The van der Waals surface area contributed by atoms with Crippen molar-refractivity contribution in [1.29, 1.82) is 0 Å². The molecule has 0 saturated carbocycles. The van der Waals surface area contributed by atoms with Crippen LogP contribution in [0.25, 0.3) is 0 Å². The number of hydrogen-bond donors (Lipinski definition) is 2. The Bertz CT molecular complexity index is 941. The van der Waals surface area contributed by atoms with Gasteiger partial charge < -0.3 is 19.8 Å². The quantitative estimate of drug-likeness (QED) is 0.619. The molecule has 2 aromatic rings. The number of fused-ring (bicyclic) bond motifs is 1. The van der Waals surface area contributed by atoms with Crippen LogP contribution in [0.5, 0.6) is 11.8 Å². The van der Waals surface area contributed by atoms with Gasteiger partial charge in [-0.25, -0.2) is 4.98 Å². The van der Waals surface area contributed by atoms with Crippen LogP contribution in [0.3, 0.4) is 0 Å². The number of piperazine rings is 1. The van der Waals surface area contributed by atoms with E-state index in [0.29, 0.717) is 13.2 Å². The van der Waals surface area contributed by atoms with Crippen LogP contribution in [0, 0.1) is 0 Å². The second-order valence-electron chi connectivity index (χ2n) is 8.98. The molecule has 170 valence electrons. The minimum Gasteiger partial charge on any atom is -0.494 e. The van der Waals surface area contributed by atoms with E-state index in [4.69, 9.17) is 4.74 Å². The maximum atomic E-state index is 11.0. The molecule has 6 rings (SSSR count). The van der Waals surface area contributed by atoms with Crippen molar-refractivity contribution in [1.82, 2.24) is 14.5 Å². The predicted octanol–water partition coefficient (Wildman–Crippen LogP) is 3.22.